The van der Waals surface area contributed by atoms with Crippen LogP contribution in [0.4, 0.5) is 0 Å². The lowest BCUT2D eigenvalue weighted by Gasteiger charge is -2.07. The summed E-state index contributed by atoms with van der Waals surface area (Å²) in [5.41, 5.74) is 0.830. The molecule has 0 heterocycles. The summed E-state index contributed by atoms with van der Waals surface area (Å²) in [5, 5.41) is 8.36. The largest absolute Gasteiger partial charge is 0.481 e. The second-order valence-corrected chi connectivity index (χ2v) is 4.93. The second kappa shape index (κ2) is 6.33. The average molecular weight is 258 g/mol. The Morgan fingerprint density at radius 3 is 2.41 bits per heavy atom. The lowest BCUT2D eigenvalue weighted by Crippen LogP contribution is -2.37. The summed E-state index contributed by atoms with van der Waals surface area (Å²) in [6.45, 7) is 0.0443. The summed E-state index contributed by atoms with van der Waals surface area (Å²) in [4.78, 5) is 10.2. The van der Waals surface area contributed by atoms with Gasteiger partial charge in [0.05, 0.1) is 6.42 Å². The first-order valence-electron chi connectivity index (χ1n) is 4.99. The van der Waals surface area contributed by atoms with E-state index >= 15 is 0 Å². The maximum Gasteiger partial charge on any atom is 0.304 e. The molecule has 0 amide bonds. The maximum absolute atomic E-state index is 11.4. The predicted octanol–water partition coefficient (Wildman–Crippen LogP) is 0.0853. The number of hydrogen-bond donors (Lipinski definition) is 3. The number of hydrogen-bond acceptors (Lipinski definition) is 3. The van der Waals surface area contributed by atoms with E-state index in [2.05, 4.69) is 9.44 Å². The molecule has 0 fully saturated rings. The Balaban J connectivity index is 2.37. The van der Waals surface area contributed by atoms with E-state index < -0.39 is 16.2 Å². The van der Waals surface area contributed by atoms with Gasteiger partial charge in [-0.1, -0.05) is 30.3 Å². The van der Waals surface area contributed by atoms with E-state index in [4.69, 9.17) is 5.11 Å². The Bertz CT molecular complexity index is 458. The van der Waals surface area contributed by atoms with Gasteiger partial charge < -0.3 is 5.11 Å². The van der Waals surface area contributed by atoms with Crippen molar-refractivity contribution in [2.24, 2.45) is 0 Å². The van der Waals surface area contributed by atoms with E-state index in [9.17, 15) is 13.2 Å². The topological polar surface area (TPSA) is 95.5 Å². The average Bonchev–Trinajstić information content (AvgIpc) is 2.27. The second-order valence-electron chi connectivity index (χ2n) is 3.35. The summed E-state index contributed by atoms with van der Waals surface area (Å²) in [6.07, 6.45) is -0.244. The molecule has 1 aromatic carbocycles. The van der Waals surface area contributed by atoms with E-state index in [1.807, 2.05) is 18.2 Å². The van der Waals surface area contributed by atoms with Gasteiger partial charge in [-0.25, -0.2) is 4.72 Å². The minimum Gasteiger partial charge on any atom is -0.481 e. The molecule has 0 aliphatic heterocycles. The zero-order valence-corrected chi connectivity index (χ0v) is 9.90. The lowest BCUT2D eigenvalue weighted by atomic mass is 10.2. The number of carboxylic acids is 1. The molecule has 94 valence electrons. The first kappa shape index (κ1) is 13.6. The van der Waals surface area contributed by atoms with Crippen LogP contribution in [0.2, 0.25) is 0 Å². The van der Waals surface area contributed by atoms with E-state index in [0.717, 1.165) is 5.56 Å². The Kier molecular flexibility index (Phi) is 5.08. The lowest BCUT2D eigenvalue weighted by molar-refractivity contribution is -0.136. The molecular formula is C10H14N2O4S. The molecule has 1 aromatic rings. The Hall–Kier alpha value is -1.44. The summed E-state index contributed by atoms with van der Waals surface area (Å²) in [6, 6.07) is 9.03. The van der Waals surface area contributed by atoms with Gasteiger partial charge in [-0.15, -0.1) is 0 Å². The molecule has 7 heteroatoms. The molecule has 17 heavy (non-hydrogen) atoms. The van der Waals surface area contributed by atoms with Gasteiger partial charge in [0.15, 0.2) is 0 Å². The zero-order chi connectivity index (χ0) is 12.7. The van der Waals surface area contributed by atoms with Crippen molar-refractivity contribution in [3.8, 4) is 0 Å². The van der Waals surface area contributed by atoms with Crippen molar-refractivity contribution < 1.29 is 18.3 Å². The number of aliphatic carboxylic acids is 1. The molecular weight excluding hydrogens is 244 g/mol. The van der Waals surface area contributed by atoms with Crippen molar-refractivity contribution in [1.82, 2.24) is 9.44 Å². The van der Waals surface area contributed by atoms with Crippen LogP contribution in [0.15, 0.2) is 30.3 Å². The fraction of sp³-hybridized carbons (Fsp3) is 0.300. The van der Waals surface area contributed by atoms with Gasteiger partial charge in [0, 0.05) is 13.1 Å². The van der Waals surface area contributed by atoms with Gasteiger partial charge in [0.2, 0.25) is 0 Å². The molecule has 0 aliphatic rings. The minimum atomic E-state index is -3.64. The molecule has 6 nitrogen and oxygen atoms in total. The number of rotatable bonds is 7. The third-order valence-electron chi connectivity index (χ3n) is 1.94. The van der Waals surface area contributed by atoms with Crippen LogP contribution in [-0.4, -0.2) is 26.0 Å². The highest BCUT2D eigenvalue weighted by atomic mass is 32.2. The molecule has 0 radical (unpaired) electrons. The van der Waals surface area contributed by atoms with Crippen LogP contribution >= 0.6 is 0 Å². The van der Waals surface area contributed by atoms with Crippen molar-refractivity contribution in [3.05, 3.63) is 35.9 Å². The molecule has 0 bridgehead atoms. The smallest absolute Gasteiger partial charge is 0.304 e. The number of carbonyl (C=O) groups is 1. The molecule has 0 saturated heterocycles. The minimum absolute atomic E-state index is 0.126. The summed E-state index contributed by atoms with van der Waals surface area (Å²) >= 11 is 0. The number of carboxylic acid groups (broad SMARTS) is 1. The fourth-order valence-corrected chi connectivity index (χ4v) is 1.95. The van der Waals surface area contributed by atoms with Crippen molar-refractivity contribution in [3.63, 3.8) is 0 Å². The van der Waals surface area contributed by atoms with Crippen molar-refractivity contribution in [1.29, 1.82) is 0 Å². The molecule has 0 aliphatic carbocycles. The predicted molar refractivity (Wildman–Crippen MR) is 62.5 cm³/mol. The van der Waals surface area contributed by atoms with Crippen molar-refractivity contribution >= 4 is 16.2 Å². The number of nitrogens with one attached hydrogen (secondary N) is 2. The van der Waals surface area contributed by atoms with Gasteiger partial charge in [0.1, 0.15) is 0 Å². The van der Waals surface area contributed by atoms with Crippen LogP contribution in [0.25, 0.3) is 0 Å². The molecule has 1 rings (SSSR count). The maximum atomic E-state index is 11.4. The van der Waals surface area contributed by atoms with Crippen LogP contribution in [0.1, 0.15) is 12.0 Å². The Morgan fingerprint density at radius 2 is 1.82 bits per heavy atom. The van der Waals surface area contributed by atoms with Crippen molar-refractivity contribution in [2.45, 2.75) is 13.0 Å². The quantitative estimate of drug-likeness (QED) is 0.645. The van der Waals surface area contributed by atoms with Gasteiger partial charge in [0.25, 0.3) is 10.2 Å². The Morgan fingerprint density at radius 1 is 1.18 bits per heavy atom. The van der Waals surface area contributed by atoms with Crippen LogP contribution in [0, 0.1) is 0 Å². The first-order chi connectivity index (χ1) is 7.99. The summed E-state index contributed by atoms with van der Waals surface area (Å²) in [7, 11) is -3.64. The van der Waals surface area contributed by atoms with Gasteiger partial charge in [-0.2, -0.15) is 13.1 Å². The van der Waals surface area contributed by atoms with E-state index in [1.54, 1.807) is 12.1 Å². The van der Waals surface area contributed by atoms with E-state index in [-0.39, 0.29) is 19.5 Å². The molecule has 0 atom stereocenters. The molecule has 0 saturated carbocycles. The van der Waals surface area contributed by atoms with Gasteiger partial charge >= 0.3 is 5.97 Å². The first-order valence-corrected chi connectivity index (χ1v) is 6.48. The van der Waals surface area contributed by atoms with Crippen LogP contribution in [0.5, 0.6) is 0 Å². The summed E-state index contributed by atoms with van der Waals surface area (Å²) in [5.74, 6) is -1.05. The Labute approximate surface area is 99.8 Å². The van der Waals surface area contributed by atoms with Crippen molar-refractivity contribution in [2.75, 3.05) is 6.54 Å². The highest BCUT2D eigenvalue weighted by Gasteiger charge is 2.09. The SMILES string of the molecule is O=C(O)CCNS(=O)(=O)NCc1ccccc1. The van der Waals surface area contributed by atoms with E-state index in [1.165, 1.54) is 0 Å². The summed E-state index contributed by atoms with van der Waals surface area (Å²) < 4.78 is 27.2. The molecule has 3 N–H and O–H groups in total. The zero-order valence-electron chi connectivity index (χ0n) is 9.09. The van der Waals surface area contributed by atoms with Gasteiger partial charge in [-0.3, -0.25) is 4.79 Å². The third kappa shape index (κ3) is 6.00. The fourth-order valence-electron chi connectivity index (χ4n) is 1.12. The van der Waals surface area contributed by atoms with Crippen LogP contribution in [0.3, 0.4) is 0 Å². The van der Waals surface area contributed by atoms with Crippen LogP contribution < -0.4 is 9.44 Å². The standard InChI is InChI=1S/C10H14N2O4S/c13-10(14)6-7-11-17(15,16)12-8-9-4-2-1-3-5-9/h1-5,11-12H,6-8H2,(H,13,14). The van der Waals surface area contributed by atoms with E-state index in [0.29, 0.717) is 0 Å². The molecule has 0 unspecified atom stereocenters. The van der Waals surface area contributed by atoms with Crippen LogP contribution in [-0.2, 0) is 21.5 Å². The highest BCUT2D eigenvalue weighted by Crippen LogP contribution is 1.97. The monoisotopic (exact) mass is 258 g/mol. The molecule has 0 aromatic heterocycles. The normalized spacial score (nSPS) is 11.3. The third-order valence-corrected chi connectivity index (χ3v) is 3.05. The molecule has 0 spiro atoms. The van der Waals surface area contributed by atoms with Gasteiger partial charge in [-0.05, 0) is 5.56 Å². The highest BCUT2D eigenvalue weighted by molar-refractivity contribution is 7.87. The number of benzene rings is 1.